The van der Waals surface area contributed by atoms with E-state index < -0.39 is 6.10 Å². The number of allylic oxidation sites excluding steroid dienone is 2. The van der Waals surface area contributed by atoms with E-state index in [-0.39, 0.29) is 25.2 Å². The van der Waals surface area contributed by atoms with Crippen LogP contribution >= 0.6 is 0 Å². The second-order valence-corrected chi connectivity index (χ2v) is 27.9. The minimum Gasteiger partial charge on any atom is -0.462 e. The van der Waals surface area contributed by atoms with Crippen LogP contribution < -0.4 is 0 Å². The topological polar surface area (TPSA) is 72.8 Å². The van der Waals surface area contributed by atoms with Crippen LogP contribution in [0.15, 0.2) is 12.2 Å². The Morgan fingerprint density at radius 1 is 0.256 bits per heavy atom. The van der Waals surface area contributed by atoms with Crippen LogP contribution in [0.2, 0.25) is 0 Å². The Labute approximate surface area is 541 Å². The average molecular weight is 1210 g/mol. The number of hydrogen-bond acceptors (Lipinski definition) is 5. The molecule has 0 heterocycles. The highest BCUT2D eigenvalue weighted by Crippen LogP contribution is 2.21. The highest BCUT2D eigenvalue weighted by molar-refractivity contribution is 5.70. The second-order valence-electron chi connectivity index (χ2n) is 27.9. The Kier molecular flexibility index (Phi) is 76.7. The molecular weight excluding hydrogens is 1050 g/mol. The Balaban J connectivity index is 3.33. The van der Waals surface area contributed by atoms with E-state index in [1.54, 1.807) is 0 Å². The summed E-state index contributed by atoms with van der Waals surface area (Å²) >= 11 is 0. The predicted octanol–water partition coefficient (Wildman–Crippen LogP) is 28.1. The maximum absolute atomic E-state index is 12.4. The van der Waals surface area contributed by atoms with Crippen LogP contribution in [0.3, 0.4) is 0 Å². The third-order valence-electron chi connectivity index (χ3n) is 19.1. The quantitative estimate of drug-likeness (QED) is 0.0373. The zero-order valence-electron chi connectivity index (χ0n) is 59.1. The molecule has 0 saturated carbocycles. The fourth-order valence-electron chi connectivity index (χ4n) is 13.0. The smallest absolute Gasteiger partial charge is 0.306 e. The molecule has 0 aliphatic heterocycles. The van der Waals surface area contributed by atoms with Gasteiger partial charge in [-0.1, -0.05) is 437 Å². The summed E-state index contributed by atoms with van der Waals surface area (Å²) in [6.07, 6.45) is 102. The number of ether oxygens (including phenoxy) is 2. The monoisotopic (exact) mass is 1210 g/mol. The number of carbonyl (C=O) groups excluding carboxylic acids is 2. The largest absolute Gasteiger partial charge is 0.462 e. The highest BCUT2D eigenvalue weighted by Gasteiger charge is 2.16. The van der Waals surface area contributed by atoms with Gasteiger partial charge < -0.3 is 14.6 Å². The summed E-state index contributed by atoms with van der Waals surface area (Å²) in [5.41, 5.74) is 0. The minimum atomic E-state index is -0.767. The molecule has 1 unspecified atom stereocenters. The molecule has 512 valence electrons. The first kappa shape index (κ1) is 84.6. The first-order valence-corrected chi connectivity index (χ1v) is 40.2. The van der Waals surface area contributed by atoms with Gasteiger partial charge in [0, 0.05) is 12.8 Å². The summed E-state index contributed by atoms with van der Waals surface area (Å²) < 4.78 is 10.8. The predicted molar refractivity (Wildman–Crippen MR) is 381 cm³/mol. The number of carbonyl (C=O) groups is 2. The lowest BCUT2D eigenvalue weighted by Gasteiger charge is -2.15. The van der Waals surface area contributed by atoms with Gasteiger partial charge >= 0.3 is 11.9 Å². The lowest BCUT2D eigenvalue weighted by atomic mass is 10.0. The standard InChI is InChI=1S/C81H158O5/c1-3-5-7-9-11-13-15-17-19-21-23-25-27-29-31-33-35-36-37-38-39-40-41-42-43-44-46-48-50-52-54-56-58-60-62-64-66-68-70-72-74-76-81(84)86-79(77-82)78-85-80(83)75-73-71-69-67-65-63-61-59-57-55-53-51-49-47-45-34-32-30-28-26-24-22-20-18-16-14-12-10-8-6-4-2/h21,23,79,82H,3-20,22,24-78H2,1-2H3/b23-21-. The Hall–Kier alpha value is -1.36. The Morgan fingerprint density at radius 3 is 0.628 bits per heavy atom. The van der Waals surface area contributed by atoms with E-state index in [0.29, 0.717) is 12.8 Å². The van der Waals surface area contributed by atoms with Crippen molar-refractivity contribution in [2.45, 2.75) is 482 Å². The Bertz CT molecular complexity index is 1280. The van der Waals surface area contributed by atoms with Crippen molar-refractivity contribution in [3.05, 3.63) is 12.2 Å². The molecular formula is C81H158O5. The first-order chi connectivity index (χ1) is 42.6. The molecule has 0 amide bonds. The number of hydrogen-bond donors (Lipinski definition) is 1. The van der Waals surface area contributed by atoms with Gasteiger partial charge in [0.05, 0.1) is 6.61 Å². The SMILES string of the molecule is CCCCCCCCCC/C=C\CCCCCCCCCCCCCCCCCCCCCCCCCCCCCCCC(=O)OC(CO)COC(=O)CCCCCCCCCCCCCCCCCCCCCCCCCCCCCCCCC. The van der Waals surface area contributed by atoms with Crippen molar-refractivity contribution < 1.29 is 24.2 Å². The molecule has 0 aromatic carbocycles. The van der Waals surface area contributed by atoms with Crippen molar-refractivity contribution in [1.29, 1.82) is 0 Å². The zero-order valence-corrected chi connectivity index (χ0v) is 59.1. The fraction of sp³-hybridized carbons (Fsp3) is 0.951. The molecule has 86 heavy (non-hydrogen) atoms. The summed E-state index contributed by atoms with van der Waals surface area (Å²) in [6, 6.07) is 0. The molecule has 0 aromatic heterocycles. The first-order valence-electron chi connectivity index (χ1n) is 40.2. The van der Waals surface area contributed by atoms with Gasteiger partial charge in [-0.05, 0) is 38.5 Å². The maximum atomic E-state index is 12.4. The van der Waals surface area contributed by atoms with Crippen molar-refractivity contribution in [3.8, 4) is 0 Å². The van der Waals surface area contributed by atoms with E-state index in [0.717, 1.165) is 32.1 Å². The Morgan fingerprint density at radius 2 is 0.430 bits per heavy atom. The molecule has 5 nitrogen and oxygen atoms in total. The molecule has 0 saturated heterocycles. The molecule has 1 atom stereocenters. The van der Waals surface area contributed by atoms with Crippen molar-refractivity contribution in [2.24, 2.45) is 0 Å². The van der Waals surface area contributed by atoms with Crippen molar-refractivity contribution in [3.63, 3.8) is 0 Å². The maximum Gasteiger partial charge on any atom is 0.306 e. The minimum absolute atomic E-state index is 0.0559. The van der Waals surface area contributed by atoms with Crippen molar-refractivity contribution in [1.82, 2.24) is 0 Å². The van der Waals surface area contributed by atoms with E-state index in [1.165, 1.54) is 417 Å². The summed E-state index contributed by atoms with van der Waals surface area (Å²) in [7, 11) is 0. The van der Waals surface area contributed by atoms with Gasteiger partial charge in [-0.25, -0.2) is 0 Å². The normalized spacial score (nSPS) is 12.1. The zero-order chi connectivity index (χ0) is 61.9. The molecule has 0 fully saturated rings. The van der Waals surface area contributed by atoms with E-state index in [9.17, 15) is 14.7 Å². The molecule has 5 heteroatoms. The molecule has 0 aromatic rings. The van der Waals surface area contributed by atoms with E-state index in [4.69, 9.17) is 9.47 Å². The van der Waals surface area contributed by atoms with Gasteiger partial charge in [-0.3, -0.25) is 9.59 Å². The highest BCUT2D eigenvalue weighted by atomic mass is 16.6. The van der Waals surface area contributed by atoms with Gasteiger partial charge in [0.2, 0.25) is 0 Å². The van der Waals surface area contributed by atoms with Gasteiger partial charge in [-0.2, -0.15) is 0 Å². The van der Waals surface area contributed by atoms with Crippen LogP contribution in [0.4, 0.5) is 0 Å². The van der Waals surface area contributed by atoms with Crippen LogP contribution in [-0.4, -0.2) is 36.4 Å². The molecule has 0 aliphatic carbocycles. The summed E-state index contributed by atoms with van der Waals surface area (Å²) in [5.74, 6) is -0.557. The van der Waals surface area contributed by atoms with Gasteiger partial charge in [0.1, 0.15) is 6.61 Å². The third kappa shape index (κ3) is 75.1. The second kappa shape index (κ2) is 77.9. The molecule has 0 spiro atoms. The summed E-state index contributed by atoms with van der Waals surface area (Å²) in [5, 5.41) is 9.73. The third-order valence-corrected chi connectivity index (χ3v) is 19.1. The van der Waals surface area contributed by atoms with Crippen molar-refractivity contribution >= 4 is 11.9 Å². The van der Waals surface area contributed by atoms with Crippen LogP contribution in [0.25, 0.3) is 0 Å². The number of unbranched alkanes of at least 4 members (excludes halogenated alkanes) is 67. The van der Waals surface area contributed by atoms with Crippen LogP contribution in [0.1, 0.15) is 476 Å². The molecule has 1 N–H and O–H groups in total. The number of aliphatic hydroxyl groups excluding tert-OH is 1. The molecule has 0 aliphatic rings. The van der Waals surface area contributed by atoms with Crippen LogP contribution in [-0.2, 0) is 19.1 Å². The van der Waals surface area contributed by atoms with Crippen LogP contribution in [0.5, 0.6) is 0 Å². The van der Waals surface area contributed by atoms with Gasteiger partial charge in [-0.15, -0.1) is 0 Å². The van der Waals surface area contributed by atoms with Crippen molar-refractivity contribution in [2.75, 3.05) is 13.2 Å². The van der Waals surface area contributed by atoms with Gasteiger partial charge in [0.25, 0.3) is 0 Å². The molecule has 0 rings (SSSR count). The lowest BCUT2D eigenvalue weighted by molar-refractivity contribution is -0.161. The van der Waals surface area contributed by atoms with E-state index in [1.807, 2.05) is 0 Å². The van der Waals surface area contributed by atoms with Gasteiger partial charge in [0.15, 0.2) is 6.10 Å². The lowest BCUT2D eigenvalue weighted by Crippen LogP contribution is -2.28. The number of esters is 2. The molecule has 0 bridgehead atoms. The molecule has 0 radical (unpaired) electrons. The van der Waals surface area contributed by atoms with E-state index in [2.05, 4.69) is 26.0 Å². The average Bonchev–Trinajstić information content (AvgIpc) is 3.54. The van der Waals surface area contributed by atoms with Crippen LogP contribution in [0, 0.1) is 0 Å². The van der Waals surface area contributed by atoms with E-state index >= 15 is 0 Å². The fourth-order valence-corrected chi connectivity index (χ4v) is 13.0. The number of aliphatic hydroxyl groups is 1. The number of rotatable bonds is 77. The summed E-state index contributed by atoms with van der Waals surface area (Å²) in [6.45, 7) is 4.23. The summed E-state index contributed by atoms with van der Waals surface area (Å²) in [4.78, 5) is 24.7.